The van der Waals surface area contributed by atoms with Crippen LogP contribution >= 0.6 is 23.4 Å². The quantitative estimate of drug-likeness (QED) is 0.820. The zero-order chi connectivity index (χ0) is 14.5. The summed E-state index contributed by atoms with van der Waals surface area (Å²) in [5, 5.41) is 13.3. The second kappa shape index (κ2) is 7.34. The molecule has 0 aliphatic heterocycles. The smallest absolute Gasteiger partial charge is 0.252 e. The van der Waals surface area contributed by atoms with E-state index in [0.29, 0.717) is 23.0 Å². The van der Waals surface area contributed by atoms with Gasteiger partial charge < -0.3 is 10.4 Å². The van der Waals surface area contributed by atoms with Crippen LogP contribution in [0, 0.1) is 5.92 Å². The second-order valence-electron chi connectivity index (χ2n) is 5.17. The Bertz CT molecular complexity index is 475. The molecular weight excluding hydrogens is 294 g/mol. The summed E-state index contributed by atoms with van der Waals surface area (Å²) < 4.78 is 0. The van der Waals surface area contributed by atoms with Gasteiger partial charge in [0.25, 0.3) is 5.91 Å². The van der Waals surface area contributed by atoms with E-state index >= 15 is 0 Å². The van der Waals surface area contributed by atoms with Gasteiger partial charge >= 0.3 is 0 Å². The fourth-order valence-electron chi connectivity index (χ4n) is 2.61. The Morgan fingerprint density at radius 3 is 2.85 bits per heavy atom. The number of hydrogen-bond donors (Lipinski definition) is 2. The Morgan fingerprint density at radius 1 is 1.50 bits per heavy atom. The number of carbonyl (C=O) groups excluding carboxylic acids is 1. The zero-order valence-electron chi connectivity index (χ0n) is 11.6. The summed E-state index contributed by atoms with van der Waals surface area (Å²) >= 11 is 7.62. The third-order valence-corrected chi connectivity index (χ3v) is 4.89. The number of benzene rings is 1. The average molecular weight is 314 g/mol. The Morgan fingerprint density at radius 2 is 2.20 bits per heavy atom. The molecule has 2 rings (SSSR count). The van der Waals surface area contributed by atoms with Gasteiger partial charge in [-0.1, -0.05) is 24.4 Å². The van der Waals surface area contributed by atoms with Crippen LogP contribution in [0.4, 0.5) is 0 Å². The lowest BCUT2D eigenvalue weighted by atomic mass is 10.0. The molecule has 1 aliphatic rings. The van der Waals surface area contributed by atoms with E-state index in [1.165, 1.54) is 12.8 Å². The summed E-state index contributed by atoms with van der Waals surface area (Å²) in [6, 6.07) is 5.40. The van der Waals surface area contributed by atoms with Crippen molar-refractivity contribution in [3.05, 3.63) is 28.8 Å². The molecule has 2 N–H and O–H groups in total. The maximum absolute atomic E-state index is 12.1. The predicted octanol–water partition coefficient (Wildman–Crippen LogP) is 3.34. The Hall–Kier alpha value is -0.710. The molecule has 0 spiro atoms. The van der Waals surface area contributed by atoms with Crippen molar-refractivity contribution in [2.45, 2.75) is 36.7 Å². The monoisotopic (exact) mass is 313 g/mol. The number of nitrogens with one attached hydrogen (secondary N) is 1. The molecule has 20 heavy (non-hydrogen) atoms. The van der Waals surface area contributed by atoms with Crippen molar-refractivity contribution in [1.29, 1.82) is 0 Å². The van der Waals surface area contributed by atoms with E-state index in [9.17, 15) is 9.90 Å². The number of amides is 1. The van der Waals surface area contributed by atoms with Gasteiger partial charge in [-0.15, -0.1) is 11.8 Å². The van der Waals surface area contributed by atoms with Crippen LogP contribution in [-0.4, -0.2) is 29.9 Å². The van der Waals surface area contributed by atoms with Crippen LogP contribution in [0.1, 0.15) is 36.0 Å². The topological polar surface area (TPSA) is 49.3 Å². The first-order valence-corrected chi connectivity index (χ1v) is 8.52. The standard InChI is InChI=1S/C15H20ClNO2S/c1-20-11-6-7-13(16)12(8-11)15(19)17-9-14(18)10-4-2-3-5-10/h6-8,10,14,18H,2-5,9H2,1H3,(H,17,19). The predicted molar refractivity (Wildman–Crippen MR) is 83.5 cm³/mol. The zero-order valence-corrected chi connectivity index (χ0v) is 13.1. The minimum absolute atomic E-state index is 0.219. The summed E-state index contributed by atoms with van der Waals surface area (Å²) in [6.45, 7) is 0.295. The van der Waals surface area contributed by atoms with E-state index in [-0.39, 0.29) is 5.91 Å². The first kappa shape index (κ1) is 15.7. The summed E-state index contributed by atoms with van der Waals surface area (Å²) in [5.74, 6) is 0.103. The van der Waals surface area contributed by atoms with Gasteiger partial charge in [0.05, 0.1) is 16.7 Å². The molecule has 1 aromatic rings. The molecule has 1 saturated carbocycles. The average Bonchev–Trinajstić information content (AvgIpc) is 2.99. The lowest BCUT2D eigenvalue weighted by Gasteiger charge is -2.18. The van der Waals surface area contributed by atoms with Gasteiger partial charge in [-0.25, -0.2) is 0 Å². The van der Waals surface area contributed by atoms with Crippen LogP contribution in [0.2, 0.25) is 5.02 Å². The second-order valence-corrected chi connectivity index (χ2v) is 6.45. The van der Waals surface area contributed by atoms with Crippen LogP contribution in [0.15, 0.2) is 23.1 Å². The highest BCUT2D eigenvalue weighted by molar-refractivity contribution is 7.98. The van der Waals surface area contributed by atoms with Gasteiger partial charge in [0.2, 0.25) is 0 Å². The molecule has 0 bridgehead atoms. The van der Waals surface area contributed by atoms with Crippen molar-refractivity contribution in [3.8, 4) is 0 Å². The first-order valence-electron chi connectivity index (χ1n) is 6.91. The van der Waals surface area contributed by atoms with E-state index in [1.807, 2.05) is 12.3 Å². The molecule has 1 fully saturated rings. The molecular formula is C15H20ClNO2S. The van der Waals surface area contributed by atoms with Crippen molar-refractivity contribution in [2.75, 3.05) is 12.8 Å². The molecule has 5 heteroatoms. The molecule has 0 radical (unpaired) electrons. The van der Waals surface area contributed by atoms with Crippen LogP contribution in [0.5, 0.6) is 0 Å². The van der Waals surface area contributed by atoms with Crippen LogP contribution in [0.25, 0.3) is 0 Å². The fraction of sp³-hybridized carbons (Fsp3) is 0.533. The van der Waals surface area contributed by atoms with Crippen LogP contribution < -0.4 is 5.32 Å². The van der Waals surface area contributed by atoms with E-state index in [2.05, 4.69) is 5.32 Å². The third-order valence-electron chi connectivity index (χ3n) is 3.83. The molecule has 1 unspecified atom stereocenters. The molecule has 1 aliphatic carbocycles. The lowest BCUT2D eigenvalue weighted by molar-refractivity contribution is 0.0840. The molecule has 1 amide bonds. The van der Waals surface area contributed by atoms with Crippen LogP contribution in [-0.2, 0) is 0 Å². The number of halogens is 1. The van der Waals surface area contributed by atoms with E-state index in [4.69, 9.17) is 11.6 Å². The molecule has 0 aromatic heterocycles. The minimum atomic E-state index is -0.455. The number of carbonyl (C=O) groups is 1. The lowest BCUT2D eigenvalue weighted by Crippen LogP contribution is -2.35. The Kier molecular flexibility index (Phi) is 5.75. The van der Waals surface area contributed by atoms with E-state index < -0.39 is 6.10 Å². The van der Waals surface area contributed by atoms with Gasteiger partial charge in [-0.2, -0.15) is 0 Å². The van der Waals surface area contributed by atoms with Gasteiger partial charge in [0.1, 0.15) is 0 Å². The largest absolute Gasteiger partial charge is 0.391 e. The van der Waals surface area contributed by atoms with Crippen molar-refractivity contribution in [1.82, 2.24) is 5.32 Å². The maximum Gasteiger partial charge on any atom is 0.252 e. The highest BCUT2D eigenvalue weighted by atomic mass is 35.5. The van der Waals surface area contributed by atoms with Crippen molar-refractivity contribution in [3.63, 3.8) is 0 Å². The fourth-order valence-corrected chi connectivity index (χ4v) is 3.25. The Labute approximate surface area is 129 Å². The number of rotatable bonds is 5. The third kappa shape index (κ3) is 3.90. The summed E-state index contributed by atoms with van der Waals surface area (Å²) in [6.07, 6.45) is 5.96. The van der Waals surface area contributed by atoms with E-state index in [0.717, 1.165) is 17.7 Å². The molecule has 1 aromatic carbocycles. The normalized spacial score (nSPS) is 17.1. The molecule has 3 nitrogen and oxygen atoms in total. The van der Waals surface area contributed by atoms with Gasteiger partial charge in [0, 0.05) is 11.4 Å². The summed E-state index contributed by atoms with van der Waals surface area (Å²) in [7, 11) is 0. The maximum atomic E-state index is 12.1. The van der Waals surface area contributed by atoms with Crippen molar-refractivity contribution < 1.29 is 9.90 Å². The molecule has 0 saturated heterocycles. The highest BCUT2D eigenvalue weighted by Crippen LogP contribution is 2.27. The van der Waals surface area contributed by atoms with Crippen molar-refractivity contribution in [2.24, 2.45) is 5.92 Å². The van der Waals surface area contributed by atoms with Gasteiger partial charge in [0.15, 0.2) is 0 Å². The minimum Gasteiger partial charge on any atom is -0.391 e. The van der Waals surface area contributed by atoms with Crippen LogP contribution in [0.3, 0.4) is 0 Å². The van der Waals surface area contributed by atoms with E-state index in [1.54, 1.807) is 23.9 Å². The van der Waals surface area contributed by atoms with Crippen molar-refractivity contribution >= 4 is 29.3 Å². The number of hydrogen-bond acceptors (Lipinski definition) is 3. The highest BCUT2D eigenvalue weighted by Gasteiger charge is 2.23. The molecule has 0 heterocycles. The number of aliphatic hydroxyl groups is 1. The summed E-state index contributed by atoms with van der Waals surface area (Å²) in [5.41, 5.74) is 0.470. The number of thioether (sulfide) groups is 1. The SMILES string of the molecule is CSc1ccc(Cl)c(C(=O)NCC(O)C2CCCC2)c1. The van der Waals surface area contributed by atoms with Gasteiger partial charge in [-0.3, -0.25) is 4.79 Å². The molecule has 110 valence electrons. The Balaban J connectivity index is 1.94. The van der Waals surface area contributed by atoms with Gasteiger partial charge in [-0.05, 0) is 43.2 Å². The molecule has 1 atom stereocenters. The first-order chi connectivity index (χ1) is 9.61. The number of aliphatic hydroxyl groups excluding tert-OH is 1. The summed E-state index contributed by atoms with van der Waals surface area (Å²) in [4.78, 5) is 13.1.